The Labute approximate surface area is 142 Å². The quantitative estimate of drug-likeness (QED) is 0.868. The molecule has 0 atom stereocenters. The third kappa shape index (κ3) is 5.14. The van der Waals surface area contributed by atoms with Gasteiger partial charge >= 0.3 is 0 Å². The zero-order valence-electron chi connectivity index (χ0n) is 14.0. The van der Waals surface area contributed by atoms with Gasteiger partial charge < -0.3 is 5.32 Å². The third-order valence-corrected chi connectivity index (χ3v) is 4.73. The summed E-state index contributed by atoms with van der Waals surface area (Å²) in [5.74, 6) is -0.377. The zero-order valence-corrected chi connectivity index (χ0v) is 14.8. The fraction of sp³-hybridized carbons (Fsp3) is 0.294. The number of nitrogens with one attached hydrogen (secondary N) is 1. The molecule has 1 amide bonds. The smallest absolute Gasteiger partial charge is 0.239 e. The van der Waals surface area contributed by atoms with E-state index in [2.05, 4.69) is 10.3 Å². The molecule has 0 aliphatic heterocycles. The molecule has 0 fully saturated rings. The van der Waals surface area contributed by atoms with Gasteiger partial charge in [-0.3, -0.25) is 9.78 Å². The van der Waals surface area contributed by atoms with Crippen LogP contribution in [0.1, 0.15) is 16.7 Å². The average Bonchev–Trinajstić information content (AvgIpc) is 2.50. The van der Waals surface area contributed by atoms with Crippen LogP contribution in [0.2, 0.25) is 0 Å². The molecule has 0 aliphatic carbocycles. The Bertz CT molecular complexity index is 820. The lowest BCUT2D eigenvalue weighted by atomic mass is 10.1. The zero-order chi connectivity index (χ0) is 17.7. The number of rotatable bonds is 6. The van der Waals surface area contributed by atoms with E-state index in [9.17, 15) is 13.2 Å². The molecule has 1 N–H and O–H groups in total. The highest BCUT2D eigenvalue weighted by Gasteiger charge is 2.21. The van der Waals surface area contributed by atoms with Crippen molar-refractivity contribution in [3.63, 3.8) is 0 Å². The molecule has 0 unspecified atom stereocenters. The number of amides is 1. The molecule has 0 bridgehead atoms. The molecule has 24 heavy (non-hydrogen) atoms. The molecule has 0 aliphatic rings. The minimum atomic E-state index is -3.52. The van der Waals surface area contributed by atoms with E-state index >= 15 is 0 Å². The van der Waals surface area contributed by atoms with Crippen molar-refractivity contribution in [2.45, 2.75) is 20.4 Å². The van der Waals surface area contributed by atoms with Crippen LogP contribution in [0.25, 0.3) is 0 Å². The summed E-state index contributed by atoms with van der Waals surface area (Å²) in [6.45, 7) is 3.67. The Morgan fingerprint density at radius 2 is 2.00 bits per heavy atom. The first-order chi connectivity index (χ1) is 11.3. The van der Waals surface area contributed by atoms with Gasteiger partial charge in [0.1, 0.15) is 0 Å². The SMILES string of the molecule is Cc1ccc(C)c(NC(=O)CN(Cc2cccnc2)S(C)(=O)=O)c1. The van der Waals surface area contributed by atoms with Crippen LogP contribution >= 0.6 is 0 Å². The van der Waals surface area contributed by atoms with Crippen molar-refractivity contribution in [1.29, 1.82) is 0 Å². The maximum atomic E-state index is 12.3. The Morgan fingerprint density at radius 3 is 2.62 bits per heavy atom. The summed E-state index contributed by atoms with van der Waals surface area (Å²) < 4.78 is 25.1. The molecule has 6 nitrogen and oxygen atoms in total. The molecule has 0 saturated carbocycles. The molecule has 0 radical (unpaired) electrons. The van der Waals surface area contributed by atoms with E-state index in [-0.39, 0.29) is 19.0 Å². The Hall–Kier alpha value is -2.25. The summed E-state index contributed by atoms with van der Waals surface area (Å²) in [4.78, 5) is 16.3. The summed E-state index contributed by atoms with van der Waals surface area (Å²) >= 11 is 0. The van der Waals surface area contributed by atoms with E-state index in [1.807, 2.05) is 32.0 Å². The number of pyridine rings is 1. The first kappa shape index (κ1) is 18.1. The lowest BCUT2D eigenvalue weighted by Crippen LogP contribution is -2.37. The Balaban J connectivity index is 2.12. The van der Waals surface area contributed by atoms with Gasteiger partial charge in [-0.15, -0.1) is 0 Å². The second kappa shape index (κ2) is 7.55. The molecule has 1 heterocycles. The first-order valence-electron chi connectivity index (χ1n) is 7.47. The van der Waals surface area contributed by atoms with E-state index in [4.69, 9.17) is 0 Å². The molecule has 1 aromatic carbocycles. The summed E-state index contributed by atoms with van der Waals surface area (Å²) in [6, 6.07) is 9.23. The molecule has 2 rings (SSSR count). The minimum absolute atomic E-state index is 0.104. The Kier molecular flexibility index (Phi) is 5.69. The van der Waals surface area contributed by atoms with Crippen LogP contribution in [0, 0.1) is 13.8 Å². The maximum Gasteiger partial charge on any atom is 0.239 e. The van der Waals surface area contributed by atoms with Gasteiger partial charge in [-0.1, -0.05) is 18.2 Å². The predicted octanol–water partition coefficient (Wildman–Crippen LogP) is 2.10. The van der Waals surface area contributed by atoms with E-state index in [0.717, 1.165) is 27.3 Å². The van der Waals surface area contributed by atoms with Gasteiger partial charge in [-0.2, -0.15) is 4.31 Å². The molecule has 1 aromatic heterocycles. The number of aryl methyl sites for hydroxylation is 2. The van der Waals surface area contributed by atoms with E-state index in [1.54, 1.807) is 24.5 Å². The van der Waals surface area contributed by atoms with E-state index in [0.29, 0.717) is 5.69 Å². The highest BCUT2D eigenvalue weighted by Crippen LogP contribution is 2.16. The lowest BCUT2D eigenvalue weighted by molar-refractivity contribution is -0.116. The second-order valence-corrected chi connectivity index (χ2v) is 7.74. The van der Waals surface area contributed by atoms with E-state index < -0.39 is 10.0 Å². The third-order valence-electron chi connectivity index (χ3n) is 3.54. The molecule has 128 valence electrons. The highest BCUT2D eigenvalue weighted by atomic mass is 32.2. The molecule has 0 spiro atoms. The summed E-state index contributed by atoms with van der Waals surface area (Å²) in [6.07, 6.45) is 4.29. The molecular formula is C17H21N3O3S. The average molecular weight is 347 g/mol. The fourth-order valence-corrected chi connectivity index (χ4v) is 2.94. The number of benzene rings is 1. The van der Waals surface area contributed by atoms with Crippen molar-refractivity contribution < 1.29 is 13.2 Å². The summed E-state index contributed by atoms with van der Waals surface area (Å²) in [7, 11) is -3.52. The fourth-order valence-electron chi connectivity index (χ4n) is 2.21. The normalized spacial score (nSPS) is 11.5. The number of hydrogen-bond donors (Lipinski definition) is 1. The van der Waals surface area contributed by atoms with Gasteiger partial charge in [0.05, 0.1) is 12.8 Å². The molecule has 7 heteroatoms. The van der Waals surface area contributed by atoms with Gasteiger partial charge in [0, 0.05) is 24.6 Å². The Morgan fingerprint density at radius 1 is 1.25 bits per heavy atom. The van der Waals surface area contributed by atoms with Crippen LogP contribution < -0.4 is 5.32 Å². The van der Waals surface area contributed by atoms with Gasteiger partial charge in [-0.25, -0.2) is 8.42 Å². The van der Waals surface area contributed by atoms with Gasteiger partial charge in [-0.05, 0) is 42.7 Å². The second-order valence-electron chi connectivity index (χ2n) is 5.76. The van der Waals surface area contributed by atoms with Crippen LogP contribution in [0.4, 0.5) is 5.69 Å². The molecule has 2 aromatic rings. The van der Waals surface area contributed by atoms with E-state index in [1.165, 1.54) is 0 Å². The topological polar surface area (TPSA) is 79.4 Å². The van der Waals surface area contributed by atoms with Gasteiger partial charge in [0.15, 0.2) is 0 Å². The number of hydrogen-bond acceptors (Lipinski definition) is 4. The molecular weight excluding hydrogens is 326 g/mol. The largest absolute Gasteiger partial charge is 0.325 e. The summed E-state index contributed by atoms with van der Waals surface area (Å²) in [5, 5.41) is 2.78. The summed E-state index contributed by atoms with van der Waals surface area (Å²) in [5.41, 5.74) is 3.36. The van der Waals surface area contributed by atoms with Crippen LogP contribution in [-0.2, 0) is 21.4 Å². The number of carbonyl (C=O) groups excluding carboxylic acids is 1. The maximum absolute atomic E-state index is 12.3. The highest BCUT2D eigenvalue weighted by molar-refractivity contribution is 7.88. The van der Waals surface area contributed by atoms with Crippen LogP contribution in [0.15, 0.2) is 42.7 Å². The van der Waals surface area contributed by atoms with Crippen molar-refractivity contribution >= 4 is 21.6 Å². The lowest BCUT2D eigenvalue weighted by Gasteiger charge is -2.20. The van der Waals surface area contributed by atoms with Crippen molar-refractivity contribution in [3.8, 4) is 0 Å². The van der Waals surface area contributed by atoms with Gasteiger partial charge in [0.25, 0.3) is 0 Å². The van der Waals surface area contributed by atoms with Crippen LogP contribution in [-0.4, -0.2) is 36.4 Å². The number of carbonyl (C=O) groups is 1. The monoisotopic (exact) mass is 347 g/mol. The predicted molar refractivity (Wildman–Crippen MR) is 94.0 cm³/mol. The minimum Gasteiger partial charge on any atom is -0.325 e. The number of aromatic nitrogens is 1. The van der Waals surface area contributed by atoms with Crippen LogP contribution in [0.5, 0.6) is 0 Å². The van der Waals surface area contributed by atoms with Crippen molar-refractivity contribution in [2.75, 3.05) is 18.1 Å². The number of anilines is 1. The standard InChI is InChI=1S/C17H21N3O3S/c1-13-6-7-14(2)16(9-13)19-17(21)12-20(24(3,22)23)11-15-5-4-8-18-10-15/h4-10H,11-12H2,1-3H3,(H,19,21). The number of nitrogens with zero attached hydrogens (tertiary/aromatic N) is 2. The van der Waals surface area contributed by atoms with Crippen molar-refractivity contribution in [3.05, 3.63) is 59.4 Å². The van der Waals surface area contributed by atoms with Crippen molar-refractivity contribution in [2.24, 2.45) is 0 Å². The number of sulfonamides is 1. The van der Waals surface area contributed by atoms with Crippen molar-refractivity contribution in [1.82, 2.24) is 9.29 Å². The van der Waals surface area contributed by atoms with Gasteiger partial charge in [0.2, 0.25) is 15.9 Å². The first-order valence-corrected chi connectivity index (χ1v) is 9.31. The molecule has 0 saturated heterocycles. The van der Waals surface area contributed by atoms with Crippen LogP contribution in [0.3, 0.4) is 0 Å².